The molecule has 4 aliphatic rings. The number of nitrogens with one attached hydrogen (secondary N) is 1. The molecule has 0 aromatic heterocycles. The van der Waals surface area contributed by atoms with Gasteiger partial charge in [-0.1, -0.05) is 11.6 Å². The zero-order chi connectivity index (χ0) is 25.7. The summed E-state index contributed by atoms with van der Waals surface area (Å²) in [7, 11) is 1.17. The number of alkyl halides is 5. The number of nitrogens with zero attached hydrogens (tertiary/aromatic N) is 1. The molecule has 0 spiro atoms. The van der Waals surface area contributed by atoms with Crippen LogP contribution in [0.2, 0.25) is 0 Å². The molecule has 2 N–H and O–H groups in total. The molecule has 1 aromatic carbocycles. The standard InChI is InChI=1S/C22H17Cl2F3N2O6/c1-29-18(33)20(23)7-12-9(3-4-10-14(12)17(32)28-16(10)31)15(21(20,24)19(29)34)11-6-8(2-5-13(11)30)35-22(25,26)27/h2-3,5-6,10,12,14-15,30H,4,7H2,1H3,(H,28,31,32)/t10-,12+,14-,15+,20+,21-/m0/s1. The van der Waals surface area contributed by atoms with Crippen LogP contribution in [-0.4, -0.2) is 56.8 Å². The van der Waals surface area contributed by atoms with Crippen LogP contribution in [0, 0.1) is 17.8 Å². The molecule has 0 unspecified atom stereocenters. The van der Waals surface area contributed by atoms with Crippen LogP contribution >= 0.6 is 23.2 Å². The number of imide groups is 2. The summed E-state index contributed by atoms with van der Waals surface area (Å²) in [6.07, 6.45) is -3.64. The molecular weight excluding hydrogens is 516 g/mol. The van der Waals surface area contributed by atoms with Gasteiger partial charge in [-0.05, 0) is 37.0 Å². The molecule has 6 atom stereocenters. The van der Waals surface area contributed by atoms with Crippen LogP contribution in [0.5, 0.6) is 11.5 Å². The van der Waals surface area contributed by atoms with Crippen molar-refractivity contribution in [1.82, 2.24) is 10.2 Å². The molecule has 13 heteroatoms. The summed E-state index contributed by atoms with van der Waals surface area (Å²) in [5.41, 5.74) is 0.0978. The van der Waals surface area contributed by atoms with E-state index in [2.05, 4.69) is 10.1 Å². The van der Waals surface area contributed by atoms with E-state index in [0.29, 0.717) is 5.57 Å². The van der Waals surface area contributed by atoms with E-state index in [4.69, 9.17) is 23.2 Å². The first-order valence-corrected chi connectivity index (χ1v) is 11.3. The lowest BCUT2D eigenvalue weighted by Gasteiger charge is -2.50. The molecule has 2 aliphatic heterocycles. The van der Waals surface area contributed by atoms with Gasteiger partial charge in [-0.15, -0.1) is 36.4 Å². The molecule has 0 radical (unpaired) electrons. The molecule has 1 saturated carbocycles. The van der Waals surface area contributed by atoms with E-state index in [-0.39, 0.29) is 18.4 Å². The number of allylic oxidation sites excluding steroid dienone is 2. The first-order chi connectivity index (χ1) is 16.2. The number of phenols is 1. The second kappa shape index (κ2) is 7.36. The van der Waals surface area contributed by atoms with Crippen molar-refractivity contribution >= 4 is 46.8 Å². The quantitative estimate of drug-likeness (QED) is 0.344. The maximum Gasteiger partial charge on any atom is 0.573 e. The Bertz CT molecular complexity index is 1240. The lowest BCUT2D eigenvalue weighted by atomic mass is 9.56. The minimum atomic E-state index is -5.04. The Kier molecular flexibility index (Phi) is 5.03. The fraction of sp³-hybridized carbons (Fsp3) is 0.455. The number of likely N-dealkylation sites (tertiary alicyclic amines) is 1. The molecule has 5 rings (SSSR count). The fourth-order valence-electron chi connectivity index (χ4n) is 5.96. The van der Waals surface area contributed by atoms with Gasteiger partial charge in [0, 0.05) is 18.5 Å². The van der Waals surface area contributed by atoms with Gasteiger partial charge in [-0.2, -0.15) is 0 Å². The number of fused-ring (bicyclic) bond motifs is 4. The highest BCUT2D eigenvalue weighted by molar-refractivity contribution is 6.53. The Balaban J connectivity index is 1.75. The highest BCUT2D eigenvalue weighted by Crippen LogP contribution is 2.65. The Hall–Kier alpha value is -2.79. The zero-order valence-electron chi connectivity index (χ0n) is 17.9. The van der Waals surface area contributed by atoms with E-state index in [1.807, 2.05) is 0 Å². The van der Waals surface area contributed by atoms with E-state index >= 15 is 0 Å². The van der Waals surface area contributed by atoms with Gasteiger partial charge in [0.1, 0.15) is 11.5 Å². The van der Waals surface area contributed by atoms with Gasteiger partial charge in [-0.25, -0.2) is 0 Å². The minimum absolute atomic E-state index is 0.0876. The Labute approximate surface area is 206 Å². The van der Waals surface area contributed by atoms with Gasteiger partial charge in [0.2, 0.25) is 11.8 Å². The third kappa shape index (κ3) is 3.13. The van der Waals surface area contributed by atoms with Crippen LogP contribution in [0.15, 0.2) is 29.8 Å². The van der Waals surface area contributed by atoms with Crippen molar-refractivity contribution in [2.24, 2.45) is 17.8 Å². The summed E-state index contributed by atoms with van der Waals surface area (Å²) in [6, 6.07) is 2.70. The van der Waals surface area contributed by atoms with Crippen molar-refractivity contribution in [1.29, 1.82) is 0 Å². The number of hydrogen-bond acceptors (Lipinski definition) is 6. The molecule has 8 nitrogen and oxygen atoms in total. The van der Waals surface area contributed by atoms with Crippen molar-refractivity contribution in [2.45, 2.75) is 34.9 Å². The van der Waals surface area contributed by atoms with Crippen LogP contribution in [0.1, 0.15) is 24.3 Å². The number of carbonyl (C=O) groups is 4. The monoisotopic (exact) mass is 532 g/mol. The molecule has 2 heterocycles. The van der Waals surface area contributed by atoms with Crippen molar-refractivity contribution in [2.75, 3.05) is 7.05 Å². The molecule has 1 aromatic rings. The first kappa shape index (κ1) is 23.9. The Morgan fingerprint density at radius 1 is 1.11 bits per heavy atom. The van der Waals surface area contributed by atoms with Crippen molar-refractivity contribution in [3.8, 4) is 11.5 Å². The number of carbonyl (C=O) groups excluding carboxylic acids is 4. The smallest absolute Gasteiger partial charge is 0.508 e. The Morgan fingerprint density at radius 2 is 1.80 bits per heavy atom. The number of aromatic hydroxyl groups is 1. The molecule has 4 amide bonds. The highest BCUT2D eigenvalue weighted by atomic mass is 35.5. The summed E-state index contributed by atoms with van der Waals surface area (Å²) >= 11 is 13.7. The van der Waals surface area contributed by atoms with Gasteiger partial charge < -0.3 is 9.84 Å². The van der Waals surface area contributed by atoms with Crippen LogP contribution in [0.25, 0.3) is 0 Å². The van der Waals surface area contributed by atoms with Crippen LogP contribution < -0.4 is 10.1 Å². The van der Waals surface area contributed by atoms with Crippen LogP contribution in [0.4, 0.5) is 13.2 Å². The highest BCUT2D eigenvalue weighted by Gasteiger charge is 2.75. The van der Waals surface area contributed by atoms with Crippen molar-refractivity contribution in [3.05, 3.63) is 35.4 Å². The van der Waals surface area contributed by atoms with Gasteiger partial charge >= 0.3 is 6.36 Å². The third-order valence-corrected chi connectivity index (χ3v) is 8.81. The van der Waals surface area contributed by atoms with E-state index in [1.54, 1.807) is 6.08 Å². The summed E-state index contributed by atoms with van der Waals surface area (Å²) < 4.78 is 42.7. The van der Waals surface area contributed by atoms with E-state index < -0.39 is 74.9 Å². The third-order valence-electron chi connectivity index (χ3n) is 7.40. The second-order valence-electron chi connectivity index (χ2n) is 9.12. The number of benzene rings is 1. The molecule has 186 valence electrons. The summed E-state index contributed by atoms with van der Waals surface area (Å²) in [5.74, 6) is -7.95. The average Bonchev–Trinajstić information content (AvgIpc) is 3.12. The SMILES string of the molecule is CN1C(=O)[C@]2(Cl)C[C@@H]3C(=CC[C@@H]4C(=O)NC(=O)[C@@H]43)[C@H](c3cc(OC(F)(F)F)ccc3O)[C@]2(Cl)C1=O. The summed E-state index contributed by atoms with van der Waals surface area (Å²) in [4.78, 5) is 47.9. The number of halogens is 5. The maximum atomic E-state index is 13.3. The topological polar surface area (TPSA) is 113 Å². The number of phenolic OH excluding ortho intramolecular Hbond substituents is 1. The van der Waals surface area contributed by atoms with Crippen LogP contribution in [-0.2, 0) is 19.2 Å². The number of ether oxygens (including phenoxy) is 1. The number of amides is 4. The molecule has 3 fully saturated rings. The maximum absolute atomic E-state index is 13.3. The van der Waals surface area contributed by atoms with E-state index in [1.165, 1.54) is 7.05 Å². The normalized spacial score (nSPS) is 36.4. The lowest BCUT2D eigenvalue weighted by Crippen LogP contribution is -2.60. The zero-order valence-corrected chi connectivity index (χ0v) is 19.4. The van der Waals surface area contributed by atoms with E-state index in [9.17, 15) is 37.5 Å². The van der Waals surface area contributed by atoms with Gasteiger partial charge in [0.05, 0.1) is 11.8 Å². The molecule has 2 saturated heterocycles. The summed E-state index contributed by atoms with van der Waals surface area (Å²) in [5, 5.41) is 12.9. The van der Waals surface area contributed by atoms with Gasteiger partial charge in [-0.3, -0.25) is 29.4 Å². The molecule has 2 aliphatic carbocycles. The molecule has 35 heavy (non-hydrogen) atoms. The van der Waals surface area contributed by atoms with Crippen molar-refractivity contribution < 1.29 is 42.2 Å². The van der Waals surface area contributed by atoms with Crippen molar-refractivity contribution in [3.63, 3.8) is 0 Å². The Morgan fingerprint density at radius 3 is 2.46 bits per heavy atom. The second-order valence-corrected chi connectivity index (χ2v) is 10.4. The van der Waals surface area contributed by atoms with Gasteiger partial charge in [0.15, 0.2) is 9.75 Å². The van der Waals surface area contributed by atoms with Crippen LogP contribution in [0.3, 0.4) is 0 Å². The fourth-order valence-corrected chi connectivity index (χ4v) is 6.97. The van der Waals surface area contributed by atoms with E-state index in [0.717, 1.165) is 23.1 Å². The summed E-state index contributed by atoms with van der Waals surface area (Å²) in [6.45, 7) is 0. The molecule has 0 bridgehead atoms. The predicted molar refractivity (Wildman–Crippen MR) is 113 cm³/mol. The average molecular weight is 533 g/mol. The molecular formula is C22H17Cl2F3N2O6. The van der Waals surface area contributed by atoms with Gasteiger partial charge in [0.25, 0.3) is 11.8 Å². The lowest BCUT2D eigenvalue weighted by molar-refractivity contribution is -0.274. The largest absolute Gasteiger partial charge is 0.573 e. The minimum Gasteiger partial charge on any atom is -0.508 e. The first-order valence-electron chi connectivity index (χ1n) is 10.5. The number of rotatable bonds is 2. The predicted octanol–water partition coefficient (Wildman–Crippen LogP) is 2.57. The number of hydrogen-bond donors (Lipinski definition) is 2.